The summed E-state index contributed by atoms with van der Waals surface area (Å²) in [5.41, 5.74) is -0.612. The highest BCUT2D eigenvalue weighted by Crippen LogP contribution is 2.26. The highest BCUT2D eigenvalue weighted by Gasteiger charge is 2.34. The molecular formula is C23H36O7. The molecule has 0 aliphatic carbocycles. The molecule has 6 atom stereocenters. The van der Waals surface area contributed by atoms with Gasteiger partial charge in [0.25, 0.3) is 0 Å². The minimum Gasteiger partial charge on any atom is -0.457 e. The van der Waals surface area contributed by atoms with Gasteiger partial charge in [0.2, 0.25) is 0 Å². The molecule has 0 radical (unpaired) electrons. The van der Waals surface area contributed by atoms with E-state index in [9.17, 15) is 19.8 Å². The van der Waals surface area contributed by atoms with Crippen LogP contribution >= 0.6 is 0 Å². The standard InChI is InChI=1S/C23H36O7/c1-15(14-24)7-6-8-16(2)22-17(3)9-10-20(29-18(4)25)23(5,28)12-11-19(26)13-21(27)30-22/h6-10,15,17,19-20,22,24,26,28H,11-14H2,1-5H3/b7-6+,10-9+,16-8+/t15-,17+,19+,20+,22-,23+/m1/s1. The van der Waals surface area contributed by atoms with Gasteiger partial charge in [-0.05, 0) is 44.3 Å². The Balaban J connectivity index is 3.22. The normalized spacial score (nSPS) is 33.9. The van der Waals surface area contributed by atoms with Crippen molar-refractivity contribution in [1.29, 1.82) is 0 Å². The molecule has 0 aromatic carbocycles. The van der Waals surface area contributed by atoms with E-state index in [0.717, 1.165) is 5.57 Å². The SMILES string of the molecule is CC(=O)O[C@H]1/C=C/[C@H](C)[C@@H](/C(C)=C/C=C/[C@@H](C)CO)OC(=O)C[C@@H](O)CC[C@]1(C)O. The quantitative estimate of drug-likeness (QED) is 0.353. The van der Waals surface area contributed by atoms with Crippen molar-refractivity contribution in [3.63, 3.8) is 0 Å². The second-order valence-electron chi connectivity index (χ2n) is 8.39. The first-order valence-electron chi connectivity index (χ1n) is 10.4. The number of ether oxygens (including phenoxy) is 2. The van der Waals surface area contributed by atoms with Crippen LogP contribution in [0.15, 0.2) is 36.0 Å². The Kier molecular flexibility index (Phi) is 10.5. The molecule has 0 spiro atoms. The van der Waals surface area contributed by atoms with Crippen molar-refractivity contribution in [2.75, 3.05) is 6.61 Å². The monoisotopic (exact) mass is 424 g/mol. The highest BCUT2D eigenvalue weighted by atomic mass is 16.6. The van der Waals surface area contributed by atoms with Crippen molar-refractivity contribution >= 4 is 11.9 Å². The summed E-state index contributed by atoms with van der Waals surface area (Å²) in [5, 5.41) is 30.1. The van der Waals surface area contributed by atoms with Crippen LogP contribution in [-0.4, -0.2) is 57.8 Å². The number of allylic oxidation sites excluding steroid dienone is 2. The van der Waals surface area contributed by atoms with Crippen molar-refractivity contribution in [3.8, 4) is 0 Å². The Labute approximate surface area is 179 Å². The second-order valence-corrected chi connectivity index (χ2v) is 8.39. The van der Waals surface area contributed by atoms with E-state index in [1.54, 1.807) is 25.2 Å². The zero-order chi connectivity index (χ0) is 22.9. The van der Waals surface area contributed by atoms with Gasteiger partial charge in [0.15, 0.2) is 0 Å². The number of cyclic esters (lactones) is 1. The van der Waals surface area contributed by atoms with Crippen LogP contribution in [0, 0.1) is 11.8 Å². The topological polar surface area (TPSA) is 113 Å². The molecular weight excluding hydrogens is 388 g/mol. The van der Waals surface area contributed by atoms with E-state index in [1.165, 1.54) is 6.92 Å². The lowest BCUT2D eigenvalue weighted by Gasteiger charge is -2.32. The molecule has 0 aromatic rings. The fourth-order valence-electron chi connectivity index (χ4n) is 3.18. The van der Waals surface area contributed by atoms with E-state index in [0.29, 0.717) is 0 Å². The van der Waals surface area contributed by atoms with E-state index in [1.807, 2.05) is 32.9 Å². The summed E-state index contributed by atoms with van der Waals surface area (Å²) in [4.78, 5) is 23.9. The summed E-state index contributed by atoms with van der Waals surface area (Å²) >= 11 is 0. The molecule has 0 saturated heterocycles. The van der Waals surface area contributed by atoms with Crippen LogP contribution in [0.1, 0.15) is 53.9 Å². The molecule has 0 bridgehead atoms. The number of aliphatic hydroxyl groups is 3. The van der Waals surface area contributed by atoms with E-state index in [-0.39, 0.29) is 37.7 Å². The number of carbonyl (C=O) groups excluding carboxylic acids is 2. The van der Waals surface area contributed by atoms with Crippen molar-refractivity contribution in [1.82, 2.24) is 0 Å². The third-order valence-electron chi connectivity index (χ3n) is 5.15. The van der Waals surface area contributed by atoms with Crippen LogP contribution in [0.25, 0.3) is 0 Å². The summed E-state index contributed by atoms with van der Waals surface area (Å²) < 4.78 is 10.9. The zero-order valence-electron chi connectivity index (χ0n) is 18.6. The Hall–Kier alpha value is -1.96. The van der Waals surface area contributed by atoms with Gasteiger partial charge < -0.3 is 24.8 Å². The molecule has 7 heteroatoms. The fraction of sp³-hybridized carbons (Fsp3) is 0.652. The summed E-state index contributed by atoms with van der Waals surface area (Å²) in [6.45, 7) is 8.42. The van der Waals surface area contributed by atoms with Gasteiger partial charge in [-0.15, -0.1) is 0 Å². The number of rotatable bonds is 5. The van der Waals surface area contributed by atoms with E-state index in [4.69, 9.17) is 14.6 Å². The second kappa shape index (κ2) is 12.0. The summed E-state index contributed by atoms with van der Waals surface area (Å²) in [6, 6.07) is 0. The van der Waals surface area contributed by atoms with Crippen LogP contribution < -0.4 is 0 Å². The smallest absolute Gasteiger partial charge is 0.309 e. The first kappa shape index (κ1) is 26.1. The molecule has 0 fully saturated rings. The Morgan fingerprint density at radius 3 is 2.67 bits per heavy atom. The Morgan fingerprint density at radius 2 is 2.07 bits per heavy atom. The highest BCUT2D eigenvalue weighted by molar-refractivity contribution is 5.70. The molecule has 1 heterocycles. The van der Waals surface area contributed by atoms with Gasteiger partial charge in [0.1, 0.15) is 17.8 Å². The van der Waals surface area contributed by atoms with Gasteiger partial charge in [-0.25, -0.2) is 0 Å². The molecule has 0 unspecified atom stereocenters. The first-order chi connectivity index (χ1) is 14.0. The third-order valence-corrected chi connectivity index (χ3v) is 5.15. The van der Waals surface area contributed by atoms with Gasteiger partial charge in [-0.3, -0.25) is 9.59 Å². The van der Waals surface area contributed by atoms with Gasteiger partial charge >= 0.3 is 11.9 Å². The van der Waals surface area contributed by atoms with Crippen LogP contribution in [0.3, 0.4) is 0 Å². The molecule has 1 aliphatic heterocycles. The van der Waals surface area contributed by atoms with Crippen molar-refractivity contribution in [3.05, 3.63) is 36.0 Å². The maximum absolute atomic E-state index is 12.4. The molecule has 3 N–H and O–H groups in total. The van der Waals surface area contributed by atoms with Gasteiger partial charge in [0, 0.05) is 19.4 Å². The molecule has 7 nitrogen and oxygen atoms in total. The lowest BCUT2D eigenvalue weighted by atomic mass is 9.88. The summed E-state index contributed by atoms with van der Waals surface area (Å²) in [7, 11) is 0. The van der Waals surface area contributed by atoms with E-state index < -0.39 is 35.9 Å². The molecule has 1 rings (SSSR count). The molecule has 0 aromatic heterocycles. The van der Waals surface area contributed by atoms with Crippen molar-refractivity contribution in [2.45, 2.75) is 77.8 Å². The largest absolute Gasteiger partial charge is 0.457 e. The fourth-order valence-corrected chi connectivity index (χ4v) is 3.18. The third kappa shape index (κ3) is 8.81. The summed E-state index contributed by atoms with van der Waals surface area (Å²) in [6.07, 6.45) is 6.48. The number of hydrogen-bond donors (Lipinski definition) is 3. The van der Waals surface area contributed by atoms with Gasteiger partial charge in [0.05, 0.1) is 12.5 Å². The Morgan fingerprint density at radius 1 is 1.40 bits per heavy atom. The zero-order valence-corrected chi connectivity index (χ0v) is 18.6. The van der Waals surface area contributed by atoms with E-state index >= 15 is 0 Å². The summed E-state index contributed by atoms with van der Waals surface area (Å²) in [5.74, 6) is -1.32. The number of esters is 2. The van der Waals surface area contributed by atoms with Gasteiger partial charge in [-0.2, -0.15) is 0 Å². The minimum atomic E-state index is -1.39. The van der Waals surface area contributed by atoms with E-state index in [2.05, 4.69) is 0 Å². The maximum atomic E-state index is 12.4. The maximum Gasteiger partial charge on any atom is 0.309 e. The van der Waals surface area contributed by atoms with Crippen LogP contribution in [0.5, 0.6) is 0 Å². The number of carbonyl (C=O) groups is 2. The van der Waals surface area contributed by atoms with Gasteiger partial charge in [-0.1, -0.05) is 38.2 Å². The molecule has 0 saturated carbocycles. The number of hydrogen-bond acceptors (Lipinski definition) is 7. The average molecular weight is 425 g/mol. The predicted octanol–water partition coefficient (Wildman–Crippen LogP) is 2.45. The van der Waals surface area contributed by atoms with Crippen molar-refractivity contribution < 1.29 is 34.4 Å². The van der Waals surface area contributed by atoms with Crippen LogP contribution in [-0.2, 0) is 19.1 Å². The molecule has 1 aliphatic rings. The molecule has 0 amide bonds. The lowest BCUT2D eigenvalue weighted by molar-refractivity contribution is -0.157. The average Bonchev–Trinajstić information content (AvgIpc) is 2.66. The first-order valence-corrected chi connectivity index (χ1v) is 10.4. The van der Waals surface area contributed by atoms with Crippen LogP contribution in [0.4, 0.5) is 0 Å². The predicted molar refractivity (Wildman–Crippen MR) is 113 cm³/mol. The minimum absolute atomic E-state index is 0.00657. The van der Waals surface area contributed by atoms with Crippen LogP contribution in [0.2, 0.25) is 0 Å². The molecule has 30 heavy (non-hydrogen) atoms. The Bertz CT molecular complexity index is 662. The molecule has 170 valence electrons. The van der Waals surface area contributed by atoms with Crippen molar-refractivity contribution in [2.24, 2.45) is 11.8 Å². The number of aliphatic hydroxyl groups excluding tert-OH is 2. The lowest BCUT2D eigenvalue weighted by Crippen LogP contribution is -2.42.